The van der Waals surface area contributed by atoms with Gasteiger partial charge in [0.2, 0.25) is 5.91 Å². The summed E-state index contributed by atoms with van der Waals surface area (Å²) in [5, 5.41) is 12.1. The zero-order valence-electron chi connectivity index (χ0n) is 13.6. The van der Waals surface area contributed by atoms with Crippen molar-refractivity contribution in [2.75, 3.05) is 6.61 Å². The summed E-state index contributed by atoms with van der Waals surface area (Å²) < 4.78 is 5.05. The predicted molar refractivity (Wildman–Crippen MR) is 90.5 cm³/mol. The van der Waals surface area contributed by atoms with Gasteiger partial charge in [-0.2, -0.15) is 0 Å². The number of amides is 1. The maximum absolute atomic E-state index is 12.2. The molecule has 2 rings (SSSR count). The van der Waals surface area contributed by atoms with Crippen LogP contribution < -0.4 is 5.32 Å². The van der Waals surface area contributed by atoms with Gasteiger partial charge in [0, 0.05) is 6.42 Å². The Labute approximate surface area is 141 Å². The summed E-state index contributed by atoms with van der Waals surface area (Å²) in [4.78, 5) is 24.3. The molecule has 1 atom stereocenters. The summed E-state index contributed by atoms with van der Waals surface area (Å²) >= 11 is 0. The van der Waals surface area contributed by atoms with Crippen LogP contribution in [0.1, 0.15) is 18.1 Å². The van der Waals surface area contributed by atoms with Crippen molar-refractivity contribution < 1.29 is 19.4 Å². The first-order valence-corrected chi connectivity index (χ1v) is 7.86. The van der Waals surface area contributed by atoms with Crippen LogP contribution in [0.25, 0.3) is 0 Å². The van der Waals surface area contributed by atoms with Crippen LogP contribution in [0.4, 0.5) is 0 Å². The van der Waals surface area contributed by atoms with Crippen molar-refractivity contribution in [2.24, 2.45) is 0 Å². The van der Waals surface area contributed by atoms with Gasteiger partial charge in [0.25, 0.3) is 0 Å². The molecule has 5 nitrogen and oxygen atoms in total. The minimum Gasteiger partial charge on any atom is -0.508 e. The van der Waals surface area contributed by atoms with Gasteiger partial charge in [0.15, 0.2) is 0 Å². The molecule has 0 aliphatic rings. The van der Waals surface area contributed by atoms with Crippen molar-refractivity contribution in [1.82, 2.24) is 5.32 Å². The average Bonchev–Trinajstić information content (AvgIpc) is 2.57. The second-order valence-electron chi connectivity index (χ2n) is 5.41. The standard InChI is InChI=1S/C19H21NO4/c1-2-24-19(23)17(12-15-8-10-16(21)11-9-15)20-18(22)13-14-6-4-3-5-7-14/h3-11,17,21H,2,12-13H2,1H3,(H,20,22)/t17-/m0/s1. The number of phenolic OH excluding ortho intramolecular Hbond substituents is 1. The molecule has 24 heavy (non-hydrogen) atoms. The van der Waals surface area contributed by atoms with Crippen LogP contribution in [0.2, 0.25) is 0 Å². The quantitative estimate of drug-likeness (QED) is 0.765. The Morgan fingerprint density at radius 3 is 2.33 bits per heavy atom. The fourth-order valence-electron chi connectivity index (χ4n) is 2.33. The third-order valence-corrected chi connectivity index (χ3v) is 3.49. The molecule has 0 unspecified atom stereocenters. The zero-order valence-corrected chi connectivity index (χ0v) is 13.6. The van der Waals surface area contributed by atoms with Crippen LogP contribution >= 0.6 is 0 Å². The molecule has 0 aromatic heterocycles. The van der Waals surface area contributed by atoms with Gasteiger partial charge in [0.05, 0.1) is 13.0 Å². The normalized spacial score (nSPS) is 11.5. The highest BCUT2D eigenvalue weighted by Crippen LogP contribution is 2.12. The maximum atomic E-state index is 12.2. The third-order valence-electron chi connectivity index (χ3n) is 3.49. The van der Waals surface area contributed by atoms with Crippen LogP contribution in [0, 0.1) is 0 Å². The Hall–Kier alpha value is -2.82. The largest absolute Gasteiger partial charge is 0.508 e. The van der Waals surface area contributed by atoms with Gasteiger partial charge in [-0.05, 0) is 30.2 Å². The van der Waals surface area contributed by atoms with Crippen molar-refractivity contribution in [3.05, 3.63) is 65.7 Å². The van der Waals surface area contributed by atoms with Crippen molar-refractivity contribution in [3.8, 4) is 5.75 Å². The topological polar surface area (TPSA) is 75.6 Å². The number of hydrogen-bond acceptors (Lipinski definition) is 4. The molecular formula is C19H21NO4. The molecule has 2 N–H and O–H groups in total. The Bertz CT molecular complexity index is 668. The Morgan fingerprint density at radius 2 is 1.71 bits per heavy atom. The number of nitrogens with one attached hydrogen (secondary N) is 1. The molecule has 0 aliphatic heterocycles. The van der Waals surface area contributed by atoms with E-state index in [1.54, 1.807) is 31.2 Å². The Kier molecular flexibility index (Phi) is 6.37. The van der Waals surface area contributed by atoms with E-state index in [1.807, 2.05) is 30.3 Å². The van der Waals surface area contributed by atoms with E-state index >= 15 is 0 Å². The van der Waals surface area contributed by atoms with Gasteiger partial charge in [-0.25, -0.2) is 4.79 Å². The number of carbonyl (C=O) groups excluding carboxylic acids is 2. The zero-order chi connectivity index (χ0) is 17.4. The Morgan fingerprint density at radius 1 is 1.04 bits per heavy atom. The van der Waals surface area contributed by atoms with Gasteiger partial charge in [-0.1, -0.05) is 42.5 Å². The van der Waals surface area contributed by atoms with Crippen molar-refractivity contribution in [3.63, 3.8) is 0 Å². The SMILES string of the molecule is CCOC(=O)[C@H](Cc1ccc(O)cc1)NC(=O)Cc1ccccc1. The molecule has 0 heterocycles. The molecule has 0 fully saturated rings. The monoisotopic (exact) mass is 327 g/mol. The molecule has 5 heteroatoms. The highest BCUT2D eigenvalue weighted by molar-refractivity contribution is 5.85. The van der Waals surface area contributed by atoms with Crippen LogP contribution in [0.3, 0.4) is 0 Å². The highest BCUT2D eigenvalue weighted by Gasteiger charge is 2.22. The lowest BCUT2D eigenvalue weighted by Crippen LogP contribution is -2.44. The lowest BCUT2D eigenvalue weighted by Gasteiger charge is -2.17. The summed E-state index contributed by atoms with van der Waals surface area (Å²) in [6, 6.07) is 15.1. The number of phenols is 1. The summed E-state index contributed by atoms with van der Waals surface area (Å²) in [5.74, 6) is -0.551. The van der Waals surface area contributed by atoms with E-state index in [1.165, 1.54) is 0 Å². The number of rotatable bonds is 7. The smallest absolute Gasteiger partial charge is 0.328 e. The van der Waals surface area contributed by atoms with E-state index in [0.29, 0.717) is 6.42 Å². The van der Waals surface area contributed by atoms with E-state index in [-0.39, 0.29) is 24.7 Å². The van der Waals surface area contributed by atoms with Crippen LogP contribution in [-0.2, 0) is 27.2 Å². The first-order chi connectivity index (χ1) is 11.6. The molecule has 126 valence electrons. The molecule has 0 radical (unpaired) electrons. The number of aromatic hydroxyl groups is 1. The number of carbonyl (C=O) groups is 2. The summed E-state index contributed by atoms with van der Waals surface area (Å²) in [5.41, 5.74) is 1.70. The van der Waals surface area contributed by atoms with Gasteiger partial charge in [-0.15, -0.1) is 0 Å². The van der Waals surface area contributed by atoms with Crippen molar-refractivity contribution in [1.29, 1.82) is 0 Å². The second kappa shape index (κ2) is 8.72. The van der Waals surface area contributed by atoms with Crippen LogP contribution in [0.15, 0.2) is 54.6 Å². The average molecular weight is 327 g/mol. The molecule has 0 saturated heterocycles. The Balaban J connectivity index is 2.03. The summed E-state index contributed by atoms with van der Waals surface area (Å²) in [6.45, 7) is 1.97. The molecule has 0 spiro atoms. The van der Waals surface area contributed by atoms with Crippen LogP contribution in [0.5, 0.6) is 5.75 Å². The molecule has 1 amide bonds. The van der Waals surface area contributed by atoms with E-state index in [9.17, 15) is 14.7 Å². The van der Waals surface area contributed by atoms with Gasteiger partial charge in [0.1, 0.15) is 11.8 Å². The number of ether oxygens (including phenoxy) is 1. The number of hydrogen-bond donors (Lipinski definition) is 2. The van der Waals surface area contributed by atoms with E-state index < -0.39 is 12.0 Å². The minimum atomic E-state index is -0.759. The minimum absolute atomic E-state index is 0.152. The lowest BCUT2D eigenvalue weighted by atomic mass is 10.0. The van der Waals surface area contributed by atoms with Crippen molar-refractivity contribution in [2.45, 2.75) is 25.8 Å². The summed E-state index contributed by atoms with van der Waals surface area (Å²) in [6.07, 6.45) is 0.506. The maximum Gasteiger partial charge on any atom is 0.328 e. The molecular weight excluding hydrogens is 306 g/mol. The number of benzene rings is 2. The first kappa shape index (κ1) is 17.5. The first-order valence-electron chi connectivity index (χ1n) is 7.86. The van der Waals surface area contributed by atoms with E-state index in [0.717, 1.165) is 11.1 Å². The third kappa shape index (κ3) is 5.43. The fraction of sp³-hybridized carbons (Fsp3) is 0.263. The molecule has 2 aromatic carbocycles. The summed E-state index contributed by atoms with van der Waals surface area (Å²) in [7, 11) is 0. The molecule has 0 bridgehead atoms. The fourth-order valence-corrected chi connectivity index (χ4v) is 2.33. The highest BCUT2D eigenvalue weighted by atomic mass is 16.5. The molecule has 0 aliphatic carbocycles. The van der Waals surface area contributed by atoms with Gasteiger partial charge in [-0.3, -0.25) is 4.79 Å². The van der Waals surface area contributed by atoms with Gasteiger partial charge >= 0.3 is 5.97 Å². The van der Waals surface area contributed by atoms with Gasteiger partial charge < -0.3 is 15.2 Å². The van der Waals surface area contributed by atoms with Crippen molar-refractivity contribution >= 4 is 11.9 Å². The van der Waals surface area contributed by atoms with E-state index in [4.69, 9.17) is 4.74 Å². The number of esters is 1. The lowest BCUT2D eigenvalue weighted by molar-refractivity contribution is -0.147. The van der Waals surface area contributed by atoms with Crippen LogP contribution in [-0.4, -0.2) is 29.6 Å². The second-order valence-corrected chi connectivity index (χ2v) is 5.41. The predicted octanol–water partition coefficient (Wildman–Crippen LogP) is 2.23. The molecule has 2 aromatic rings. The van der Waals surface area contributed by atoms with E-state index in [2.05, 4.69) is 5.32 Å². The molecule has 0 saturated carbocycles.